The maximum atomic E-state index is 13.4. The second-order valence-electron chi connectivity index (χ2n) is 16.4. The van der Waals surface area contributed by atoms with Crippen molar-refractivity contribution in [3.8, 4) is 0 Å². The molecule has 0 aromatic carbocycles. The minimum atomic E-state index is -0.153. The molecule has 1 aromatic rings. The third kappa shape index (κ3) is 6.79. The topological polar surface area (TPSA) is 43.7 Å². The minimum Gasteiger partial charge on any atom is -0.375 e. The highest BCUT2D eigenvalue weighted by Gasteiger charge is 2.63. The van der Waals surface area contributed by atoms with Gasteiger partial charge in [0.15, 0.2) is 0 Å². The number of aromatic nitrogens is 1. The van der Waals surface area contributed by atoms with Crippen LogP contribution in [0.15, 0.2) is 30.0 Å². The van der Waals surface area contributed by atoms with E-state index in [4.69, 9.17) is 21.8 Å². The zero-order chi connectivity index (χ0) is 31.7. The van der Waals surface area contributed by atoms with Gasteiger partial charge in [-0.05, 0) is 129 Å². The van der Waals surface area contributed by atoms with Gasteiger partial charge in [0.1, 0.15) is 4.64 Å². The lowest BCUT2D eigenvalue weighted by Gasteiger charge is -2.63. The number of carbonyl (C=O) groups is 1. The van der Waals surface area contributed by atoms with Crippen molar-refractivity contribution in [2.24, 2.45) is 45.8 Å². The lowest BCUT2D eigenvalue weighted by atomic mass is 9.41. The molecule has 0 N–H and O–H groups in total. The summed E-state index contributed by atoms with van der Waals surface area (Å²) in [4.78, 5) is 21.4. The van der Waals surface area contributed by atoms with Crippen LogP contribution in [0.1, 0.15) is 117 Å². The molecule has 4 unspecified atom stereocenters. The number of rotatable bonds is 12. The molecule has 44 heavy (non-hydrogen) atoms. The van der Waals surface area contributed by atoms with Crippen molar-refractivity contribution in [3.63, 3.8) is 0 Å². The van der Waals surface area contributed by atoms with Gasteiger partial charge in [-0.15, -0.1) is 0 Å². The van der Waals surface area contributed by atoms with Crippen molar-refractivity contribution in [3.05, 3.63) is 40.2 Å². The largest absolute Gasteiger partial charge is 0.375 e. The van der Waals surface area contributed by atoms with Crippen LogP contribution in [0.25, 0.3) is 0 Å². The van der Waals surface area contributed by atoms with Crippen LogP contribution in [-0.2, 0) is 16.1 Å². The molecule has 0 saturated heterocycles. The first kappa shape index (κ1) is 33.9. The molecule has 5 nitrogen and oxygen atoms in total. The molecule has 0 aliphatic heterocycles. The molecule has 1 heterocycles. The van der Waals surface area contributed by atoms with E-state index in [0.29, 0.717) is 34.6 Å². The van der Waals surface area contributed by atoms with Gasteiger partial charge in [-0.2, -0.15) is 4.73 Å². The zero-order valence-corrected chi connectivity index (χ0v) is 29.6. The summed E-state index contributed by atoms with van der Waals surface area (Å²) in [5.74, 6) is 3.00. The van der Waals surface area contributed by atoms with Crippen LogP contribution in [0.2, 0.25) is 0 Å². The van der Waals surface area contributed by atoms with Crippen molar-refractivity contribution in [2.45, 2.75) is 118 Å². The normalized spacial score (nSPS) is 34.8. The Kier molecular flexibility index (Phi) is 10.5. The number of unbranched alkanes of at least 4 members (excludes halogenated alkanes) is 1. The van der Waals surface area contributed by atoms with Gasteiger partial charge in [-0.3, -0.25) is 0 Å². The first-order valence-corrected chi connectivity index (χ1v) is 18.1. The SMILES string of the molecule is CC(C)CCCC[C@H]1CCC2C3(C)CC=C4CC(C(=O)On5ccc(COCCN(C)C)cc5=S)CC[C@]4(C)C3CC[C@@]21C. The Morgan fingerprint density at radius 1 is 1.07 bits per heavy atom. The summed E-state index contributed by atoms with van der Waals surface area (Å²) in [7, 11) is 4.06. The van der Waals surface area contributed by atoms with Crippen LogP contribution in [0, 0.1) is 50.5 Å². The molecule has 6 heteroatoms. The average molecular weight is 625 g/mol. The number of hydrogen-bond acceptors (Lipinski definition) is 5. The molecule has 1 aromatic heterocycles. The lowest BCUT2D eigenvalue weighted by Crippen LogP contribution is -2.56. The number of fused-ring (bicyclic) bond motifs is 5. The van der Waals surface area contributed by atoms with Gasteiger partial charge in [-0.25, -0.2) is 4.79 Å². The summed E-state index contributed by atoms with van der Waals surface area (Å²) >= 11 is 5.57. The molecule has 4 aliphatic carbocycles. The number of likely N-dealkylation sites (N-methyl/N-ethyl adjacent to an activating group) is 1. The van der Waals surface area contributed by atoms with Crippen LogP contribution < -0.4 is 4.84 Å². The summed E-state index contributed by atoms with van der Waals surface area (Å²) in [6.45, 7) is 14.6. The minimum absolute atomic E-state index is 0.106. The molecular weight excluding hydrogens is 564 g/mol. The number of carbonyl (C=O) groups excluding carboxylic acids is 1. The quantitative estimate of drug-likeness (QED) is 0.132. The first-order chi connectivity index (χ1) is 20.9. The van der Waals surface area contributed by atoms with E-state index in [2.05, 4.69) is 45.6 Å². The summed E-state index contributed by atoms with van der Waals surface area (Å²) in [5.41, 5.74) is 3.59. The summed E-state index contributed by atoms with van der Waals surface area (Å²) < 4.78 is 7.72. The Morgan fingerprint density at radius 3 is 2.59 bits per heavy atom. The van der Waals surface area contributed by atoms with Gasteiger partial charge in [-0.1, -0.05) is 77.7 Å². The molecule has 3 fully saturated rings. The van der Waals surface area contributed by atoms with E-state index >= 15 is 0 Å². The van der Waals surface area contributed by atoms with Gasteiger partial charge in [0, 0.05) is 12.7 Å². The third-order valence-electron chi connectivity index (χ3n) is 12.9. The van der Waals surface area contributed by atoms with Crippen LogP contribution in [-0.4, -0.2) is 42.8 Å². The van der Waals surface area contributed by atoms with Gasteiger partial charge < -0.3 is 14.5 Å². The highest BCUT2D eigenvalue weighted by molar-refractivity contribution is 7.71. The Hall–Kier alpha value is -1.50. The van der Waals surface area contributed by atoms with Crippen LogP contribution in [0.4, 0.5) is 0 Å². The number of hydrogen-bond donors (Lipinski definition) is 0. The van der Waals surface area contributed by atoms with Crippen LogP contribution in [0.3, 0.4) is 0 Å². The highest BCUT2D eigenvalue weighted by Crippen LogP contribution is 2.71. The lowest BCUT2D eigenvalue weighted by molar-refractivity contribution is -0.152. The summed E-state index contributed by atoms with van der Waals surface area (Å²) in [6, 6.07) is 3.80. The van der Waals surface area contributed by atoms with Gasteiger partial charge in [0.05, 0.1) is 19.1 Å². The zero-order valence-electron chi connectivity index (χ0n) is 28.8. The van der Waals surface area contributed by atoms with Crippen molar-refractivity contribution < 1.29 is 14.4 Å². The van der Waals surface area contributed by atoms with E-state index in [0.717, 1.165) is 49.1 Å². The molecule has 3 saturated carbocycles. The van der Waals surface area contributed by atoms with E-state index in [9.17, 15) is 4.79 Å². The van der Waals surface area contributed by atoms with E-state index in [1.54, 1.807) is 6.20 Å². The van der Waals surface area contributed by atoms with E-state index in [1.807, 2.05) is 26.2 Å². The fraction of sp³-hybridized carbons (Fsp3) is 0.789. The Morgan fingerprint density at radius 2 is 1.86 bits per heavy atom. The summed E-state index contributed by atoms with van der Waals surface area (Å²) in [5, 5.41) is 0. The molecule has 0 bridgehead atoms. The Labute approximate surface area is 273 Å². The third-order valence-corrected chi connectivity index (χ3v) is 13.2. The number of ether oxygens (including phenoxy) is 1. The average Bonchev–Trinajstić information content (AvgIpc) is 3.31. The van der Waals surface area contributed by atoms with Crippen LogP contribution in [0.5, 0.6) is 0 Å². The van der Waals surface area contributed by atoms with Crippen molar-refractivity contribution in [2.75, 3.05) is 27.2 Å². The van der Waals surface area contributed by atoms with E-state index in [-0.39, 0.29) is 17.3 Å². The first-order valence-electron chi connectivity index (χ1n) is 17.7. The van der Waals surface area contributed by atoms with E-state index in [1.165, 1.54) is 68.1 Å². The van der Waals surface area contributed by atoms with Gasteiger partial charge >= 0.3 is 5.97 Å². The molecule has 0 radical (unpaired) electrons. The van der Waals surface area contributed by atoms with E-state index < -0.39 is 0 Å². The standard InChI is InChI=1S/C38H60N2O3S/c1-27(2)10-8-9-11-30-12-13-32-36(30,3)20-16-33-37(4)18-14-29(25-31(37)15-19-38(32,33)5)35(41)43-40-21-17-28(24-34(40)44)26-42-23-22-39(6)7/h15,17,21,24,27,29-30,32-33H,8-14,16,18-20,22-23,25-26H2,1-7H3/t29?,30-,32?,33?,36+,37-,38?/m0/s1. The maximum Gasteiger partial charge on any atom is 0.336 e. The molecule has 0 spiro atoms. The second-order valence-corrected chi connectivity index (χ2v) is 16.8. The Bertz CT molecular complexity index is 1250. The fourth-order valence-corrected chi connectivity index (χ4v) is 10.6. The number of allylic oxidation sites excluding steroid dienone is 2. The highest BCUT2D eigenvalue weighted by atomic mass is 32.1. The Balaban J connectivity index is 1.21. The van der Waals surface area contributed by atoms with Gasteiger partial charge in [0.25, 0.3) is 0 Å². The number of pyridine rings is 1. The molecule has 246 valence electrons. The molecule has 0 amide bonds. The summed E-state index contributed by atoms with van der Waals surface area (Å²) in [6.07, 6.45) is 19.5. The van der Waals surface area contributed by atoms with Gasteiger partial charge in [0.2, 0.25) is 0 Å². The predicted molar refractivity (Wildman–Crippen MR) is 182 cm³/mol. The molecular formula is C38H60N2O3S. The maximum absolute atomic E-state index is 13.4. The predicted octanol–water partition coefficient (Wildman–Crippen LogP) is 9.05. The van der Waals surface area contributed by atoms with Crippen LogP contribution >= 0.6 is 12.2 Å². The van der Waals surface area contributed by atoms with Crippen molar-refractivity contribution in [1.82, 2.24) is 9.63 Å². The second kappa shape index (κ2) is 13.7. The molecule has 7 atom stereocenters. The number of nitrogens with zero attached hydrogens (tertiary/aromatic N) is 2. The molecule has 4 aliphatic rings. The molecule has 5 rings (SSSR count). The smallest absolute Gasteiger partial charge is 0.336 e. The fourth-order valence-electron chi connectivity index (χ4n) is 10.3. The monoisotopic (exact) mass is 624 g/mol. The van der Waals surface area contributed by atoms with Crippen molar-refractivity contribution >= 4 is 18.2 Å². The van der Waals surface area contributed by atoms with Crippen molar-refractivity contribution in [1.29, 1.82) is 0 Å².